The molecule has 5 rings (SSSR count). The van der Waals surface area contributed by atoms with Crippen LogP contribution in [0.25, 0.3) is 0 Å². The average molecular weight is 625 g/mol. The number of hydrogen-bond acceptors (Lipinski definition) is 3. The van der Waals surface area contributed by atoms with Gasteiger partial charge < -0.3 is 9.84 Å². The number of fused-ring (bicyclic) bond motifs is 7. The topological polar surface area (TPSA) is 63.6 Å². The summed E-state index contributed by atoms with van der Waals surface area (Å²) in [6.07, 6.45) is 10.5. The molecule has 0 bridgehead atoms. The highest BCUT2D eigenvalue weighted by atomic mass is 127. The van der Waals surface area contributed by atoms with Crippen LogP contribution in [0.2, 0.25) is 0 Å². The number of hydrogen-bond donors (Lipinski definition) is 1. The monoisotopic (exact) mass is 624 g/mol. The van der Waals surface area contributed by atoms with Crippen LogP contribution in [0, 0.1) is 56.7 Å². The minimum absolute atomic E-state index is 0.00444. The van der Waals surface area contributed by atoms with Gasteiger partial charge in [0.1, 0.15) is 6.10 Å². The molecule has 4 nitrogen and oxygen atoms in total. The zero-order valence-electron chi connectivity index (χ0n) is 24.0. The molecule has 5 aliphatic carbocycles. The van der Waals surface area contributed by atoms with E-state index in [1.54, 1.807) is 0 Å². The Bertz CT molecular complexity index is 989. The van der Waals surface area contributed by atoms with Crippen molar-refractivity contribution in [2.75, 3.05) is 4.43 Å². The highest BCUT2D eigenvalue weighted by molar-refractivity contribution is 14.1. The fourth-order valence-corrected chi connectivity index (χ4v) is 12.1. The molecule has 0 saturated heterocycles. The van der Waals surface area contributed by atoms with Crippen molar-refractivity contribution in [3.63, 3.8) is 0 Å². The minimum atomic E-state index is -0.555. The van der Waals surface area contributed by atoms with Gasteiger partial charge in [0.15, 0.2) is 0 Å². The minimum Gasteiger partial charge on any atom is -0.481 e. The van der Waals surface area contributed by atoms with E-state index in [0.717, 1.165) is 44.9 Å². The molecule has 0 aliphatic heterocycles. The predicted molar refractivity (Wildman–Crippen MR) is 155 cm³/mol. The third-order valence-corrected chi connectivity index (χ3v) is 14.4. The summed E-state index contributed by atoms with van der Waals surface area (Å²) in [4.78, 5) is 25.1. The number of ether oxygens (including phenoxy) is 1. The van der Waals surface area contributed by atoms with E-state index in [2.05, 4.69) is 70.7 Å². The van der Waals surface area contributed by atoms with Crippen molar-refractivity contribution in [3.8, 4) is 0 Å². The molecule has 0 aromatic carbocycles. The summed E-state index contributed by atoms with van der Waals surface area (Å²) in [5, 5.41) is 10.6. The van der Waals surface area contributed by atoms with Crippen molar-refractivity contribution in [3.05, 3.63) is 12.2 Å². The van der Waals surface area contributed by atoms with Gasteiger partial charge >= 0.3 is 11.9 Å². The molecule has 37 heavy (non-hydrogen) atoms. The molecular formula is C32H49IO4. The van der Waals surface area contributed by atoms with Gasteiger partial charge in [-0.15, -0.1) is 0 Å². The summed E-state index contributed by atoms with van der Waals surface area (Å²) in [6.45, 7) is 18.9. The molecule has 10 atom stereocenters. The highest BCUT2D eigenvalue weighted by Gasteiger charge is 2.72. The van der Waals surface area contributed by atoms with Crippen molar-refractivity contribution < 1.29 is 19.4 Å². The number of rotatable bonds is 4. The zero-order chi connectivity index (χ0) is 27.2. The maximum absolute atomic E-state index is 12.8. The van der Waals surface area contributed by atoms with Gasteiger partial charge in [-0.2, -0.15) is 0 Å². The largest absolute Gasteiger partial charge is 0.481 e. The van der Waals surface area contributed by atoms with Crippen LogP contribution >= 0.6 is 22.6 Å². The van der Waals surface area contributed by atoms with Crippen molar-refractivity contribution >= 4 is 34.5 Å². The predicted octanol–water partition coefficient (Wildman–Crippen LogP) is 8.08. The number of allylic oxidation sites excluding steroid dienone is 1. The van der Waals surface area contributed by atoms with E-state index < -0.39 is 11.4 Å². The summed E-state index contributed by atoms with van der Waals surface area (Å²) in [5.74, 6) is 1.56. The van der Waals surface area contributed by atoms with Crippen molar-refractivity contribution in [1.29, 1.82) is 0 Å². The quantitative estimate of drug-likeness (QED) is 0.149. The van der Waals surface area contributed by atoms with Crippen LogP contribution in [0.4, 0.5) is 0 Å². The second-order valence-electron chi connectivity index (χ2n) is 15.1. The van der Waals surface area contributed by atoms with Gasteiger partial charge in [-0.25, -0.2) is 0 Å². The molecule has 0 heterocycles. The molecule has 0 spiro atoms. The summed E-state index contributed by atoms with van der Waals surface area (Å²) >= 11 is 2.11. The fourth-order valence-electron chi connectivity index (χ4n) is 11.9. The van der Waals surface area contributed by atoms with Crippen molar-refractivity contribution in [2.45, 2.75) is 112 Å². The van der Waals surface area contributed by atoms with Gasteiger partial charge in [-0.1, -0.05) is 69.4 Å². The lowest BCUT2D eigenvalue weighted by molar-refractivity contribution is -0.250. The van der Waals surface area contributed by atoms with Crippen LogP contribution in [-0.2, 0) is 14.3 Å². The van der Waals surface area contributed by atoms with E-state index in [1.165, 1.54) is 24.8 Å². The van der Waals surface area contributed by atoms with Gasteiger partial charge in [0.2, 0.25) is 0 Å². The molecule has 0 amide bonds. The molecule has 208 valence electrons. The van der Waals surface area contributed by atoms with Crippen LogP contribution in [-0.4, -0.2) is 27.6 Å². The standard InChI is InChI=1S/C32H49IO4/c1-19(2)20-10-15-32(27(35)36)17-16-30(6)21(26(20)32)8-9-23-29(5)13-12-24(37-25(34)18-33)28(3,4)22(29)11-14-31(23,30)7/h20-24,26H,1,8-18H2,2-7H3,(H,35,36)/t20-,21+,22-,23+,24-,26+,29-,30+,31+,32-/m0/s1. The number of halogens is 1. The van der Waals surface area contributed by atoms with E-state index in [1.807, 2.05) is 0 Å². The Morgan fingerprint density at radius 3 is 2.22 bits per heavy atom. The fraction of sp³-hybridized carbons (Fsp3) is 0.875. The molecule has 0 aromatic heterocycles. The van der Waals surface area contributed by atoms with Gasteiger partial charge in [0, 0.05) is 5.41 Å². The molecule has 0 aromatic rings. The van der Waals surface area contributed by atoms with E-state index in [4.69, 9.17) is 4.74 Å². The summed E-state index contributed by atoms with van der Waals surface area (Å²) in [6, 6.07) is 0. The number of carbonyl (C=O) groups excluding carboxylic acids is 1. The molecular weight excluding hydrogens is 575 g/mol. The van der Waals surface area contributed by atoms with Crippen LogP contribution in [0.15, 0.2) is 12.2 Å². The Morgan fingerprint density at radius 2 is 1.59 bits per heavy atom. The third kappa shape index (κ3) is 3.63. The second kappa shape index (κ2) is 8.96. The first-order valence-electron chi connectivity index (χ1n) is 14.8. The van der Waals surface area contributed by atoms with E-state index in [9.17, 15) is 14.7 Å². The van der Waals surface area contributed by atoms with Gasteiger partial charge in [0.25, 0.3) is 0 Å². The molecule has 5 saturated carbocycles. The smallest absolute Gasteiger partial charge is 0.316 e. The normalized spacial score (nSPS) is 50.1. The van der Waals surface area contributed by atoms with Crippen LogP contribution < -0.4 is 0 Å². The van der Waals surface area contributed by atoms with Crippen molar-refractivity contribution in [2.24, 2.45) is 56.7 Å². The molecule has 0 radical (unpaired) electrons. The van der Waals surface area contributed by atoms with Gasteiger partial charge in [0.05, 0.1) is 9.84 Å². The SMILES string of the molecule is C=C(C)[C@@H]1CC[C@]2(C(=O)O)CC[C@]3(C)[C@H](CC[C@@H]4[C@@]5(C)CC[C@H](OC(=O)CI)C(C)(C)[C@@H]5CC[C@]43C)[C@@H]12. The lowest BCUT2D eigenvalue weighted by Crippen LogP contribution is -2.67. The molecule has 0 unspecified atom stereocenters. The lowest BCUT2D eigenvalue weighted by atomic mass is 9.32. The van der Waals surface area contributed by atoms with Crippen LogP contribution in [0.5, 0.6) is 0 Å². The number of carboxylic acids is 1. The van der Waals surface area contributed by atoms with Crippen LogP contribution in [0.3, 0.4) is 0 Å². The Kier molecular flexibility index (Phi) is 6.77. The van der Waals surface area contributed by atoms with E-state index >= 15 is 0 Å². The molecule has 5 aliphatic rings. The number of aliphatic carboxylic acids is 1. The Balaban J connectivity index is 1.50. The zero-order valence-corrected chi connectivity index (χ0v) is 26.2. The summed E-state index contributed by atoms with van der Waals surface area (Å²) < 4.78 is 6.43. The average Bonchev–Trinajstić information content (AvgIpc) is 3.23. The molecule has 5 fully saturated rings. The summed E-state index contributed by atoms with van der Waals surface area (Å²) in [5.41, 5.74) is 1.19. The first-order valence-corrected chi connectivity index (χ1v) is 16.4. The maximum atomic E-state index is 12.8. The Labute approximate surface area is 238 Å². The van der Waals surface area contributed by atoms with E-state index in [-0.39, 0.29) is 39.7 Å². The molecule has 1 N–H and O–H groups in total. The summed E-state index contributed by atoms with van der Waals surface area (Å²) in [7, 11) is 0. The number of carbonyl (C=O) groups is 2. The maximum Gasteiger partial charge on any atom is 0.316 e. The van der Waals surface area contributed by atoms with Gasteiger partial charge in [-0.3, -0.25) is 9.59 Å². The lowest BCUT2D eigenvalue weighted by Gasteiger charge is -2.72. The highest BCUT2D eigenvalue weighted by Crippen LogP contribution is 2.77. The first-order chi connectivity index (χ1) is 17.2. The van der Waals surface area contributed by atoms with E-state index in [0.29, 0.717) is 28.1 Å². The number of carboxylic acid groups (broad SMARTS) is 1. The number of esters is 1. The number of alkyl halides is 1. The van der Waals surface area contributed by atoms with Gasteiger partial charge in [-0.05, 0) is 117 Å². The van der Waals surface area contributed by atoms with Crippen molar-refractivity contribution in [1.82, 2.24) is 0 Å². The first kappa shape index (κ1) is 28.0. The Morgan fingerprint density at radius 1 is 0.892 bits per heavy atom. The molecule has 5 heteroatoms. The third-order valence-electron chi connectivity index (χ3n) is 13.8. The van der Waals surface area contributed by atoms with Crippen LogP contribution in [0.1, 0.15) is 106 Å². The Hall–Kier alpha value is -0.590. The second-order valence-corrected chi connectivity index (χ2v) is 15.9.